The van der Waals surface area contributed by atoms with Crippen molar-refractivity contribution in [3.8, 4) is 5.82 Å². The van der Waals surface area contributed by atoms with Crippen LogP contribution in [-0.4, -0.2) is 76.0 Å². The maximum Gasteiger partial charge on any atom is 0.278 e. The molecule has 13 nitrogen and oxygen atoms in total. The molecule has 204 valence electrons. The van der Waals surface area contributed by atoms with Crippen molar-refractivity contribution in [1.29, 1.82) is 0 Å². The number of aliphatic hydroxyl groups is 1. The second-order valence-electron chi connectivity index (χ2n) is 9.21. The molecule has 1 aliphatic rings. The number of nitrogens with two attached hydrogens (primary N) is 1. The van der Waals surface area contributed by atoms with E-state index < -0.39 is 15.6 Å². The van der Waals surface area contributed by atoms with Crippen molar-refractivity contribution in [2.24, 2.45) is 5.14 Å². The number of hydrogen-bond acceptors (Lipinski definition) is 10. The molecule has 3 aromatic heterocycles. The van der Waals surface area contributed by atoms with Crippen LogP contribution < -0.4 is 20.9 Å². The molecule has 14 heteroatoms. The summed E-state index contributed by atoms with van der Waals surface area (Å²) in [6.07, 6.45) is 2.93. The molecule has 0 amide bonds. The van der Waals surface area contributed by atoms with Crippen LogP contribution in [0.5, 0.6) is 0 Å². The Morgan fingerprint density at radius 1 is 1.15 bits per heavy atom. The number of piperazine rings is 1. The van der Waals surface area contributed by atoms with Crippen molar-refractivity contribution >= 4 is 38.4 Å². The van der Waals surface area contributed by atoms with E-state index in [1.165, 1.54) is 33.8 Å². The molecule has 4 heterocycles. The number of nitrogens with zero attached hydrogens (tertiary/aromatic N) is 7. The van der Waals surface area contributed by atoms with E-state index >= 15 is 0 Å². The van der Waals surface area contributed by atoms with Crippen molar-refractivity contribution < 1.29 is 13.5 Å². The van der Waals surface area contributed by atoms with Gasteiger partial charge >= 0.3 is 0 Å². The molecular weight excluding hydrogens is 522 g/mol. The molecule has 0 aliphatic carbocycles. The predicted molar refractivity (Wildman–Crippen MR) is 148 cm³/mol. The number of nitrogens with one attached hydrogen (secondary N) is 1. The fraction of sp³-hybridized carbons (Fsp3) is 0.280. The molecule has 0 unspecified atom stereocenters. The van der Waals surface area contributed by atoms with Crippen molar-refractivity contribution in [2.45, 2.75) is 18.2 Å². The first kappa shape index (κ1) is 26.5. The maximum atomic E-state index is 13.1. The maximum absolute atomic E-state index is 13.1. The normalized spacial score (nSPS) is 14.6. The zero-order chi connectivity index (χ0) is 27.7. The van der Waals surface area contributed by atoms with Gasteiger partial charge in [-0.15, -0.1) is 6.58 Å². The first-order valence-corrected chi connectivity index (χ1v) is 13.8. The quantitative estimate of drug-likeness (QED) is 0.267. The van der Waals surface area contributed by atoms with E-state index in [0.717, 1.165) is 37.4 Å². The number of rotatable bonds is 8. The number of anilines is 3. The minimum Gasteiger partial charge on any atom is -0.392 e. The van der Waals surface area contributed by atoms with Crippen LogP contribution in [0, 0.1) is 0 Å². The van der Waals surface area contributed by atoms with Crippen LogP contribution in [0.2, 0.25) is 0 Å². The monoisotopic (exact) mass is 551 g/mol. The first-order chi connectivity index (χ1) is 18.7. The minimum absolute atomic E-state index is 0.118. The van der Waals surface area contributed by atoms with Gasteiger partial charge in [-0.3, -0.25) is 4.79 Å². The lowest BCUT2D eigenvalue weighted by Crippen LogP contribution is -2.44. The standard InChI is InChI=1S/C25H29N9O4S/c1-3-9-33-24(36)19-15-27-25(30-23(19)34(33)21-5-4-6-22(29-21)39(26,37)38)28-18-7-8-20(17(14-18)16-35)32-12-10-31(2)11-13-32/h3-8,14-15,35H,1,9-13,16H2,2H3,(H2,26,37,38)(H,27,28,30). The van der Waals surface area contributed by atoms with Gasteiger partial charge in [0.25, 0.3) is 15.6 Å². The Bertz CT molecular complexity index is 1710. The largest absolute Gasteiger partial charge is 0.392 e. The summed E-state index contributed by atoms with van der Waals surface area (Å²) in [4.78, 5) is 30.7. The van der Waals surface area contributed by atoms with E-state index in [1.807, 2.05) is 18.2 Å². The predicted octanol–water partition coefficient (Wildman–Crippen LogP) is 0.798. The summed E-state index contributed by atoms with van der Waals surface area (Å²) in [5.74, 6) is 0.338. The van der Waals surface area contributed by atoms with Gasteiger partial charge in [-0.25, -0.2) is 32.9 Å². The molecule has 1 fully saturated rings. The van der Waals surface area contributed by atoms with Crippen LogP contribution >= 0.6 is 0 Å². The summed E-state index contributed by atoms with van der Waals surface area (Å²) in [7, 11) is -1.99. The van der Waals surface area contributed by atoms with Gasteiger partial charge in [0.2, 0.25) is 5.95 Å². The second kappa shape index (κ2) is 10.6. The van der Waals surface area contributed by atoms with Gasteiger partial charge in [-0.05, 0) is 37.4 Å². The number of fused-ring (bicyclic) bond motifs is 1. The molecule has 1 aromatic carbocycles. The third-order valence-electron chi connectivity index (χ3n) is 6.54. The summed E-state index contributed by atoms with van der Waals surface area (Å²) in [6, 6.07) is 9.98. The number of hydrogen-bond donors (Lipinski definition) is 3. The van der Waals surface area contributed by atoms with E-state index in [-0.39, 0.29) is 41.0 Å². The number of sulfonamides is 1. The third kappa shape index (κ3) is 5.27. The Morgan fingerprint density at radius 2 is 1.92 bits per heavy atom. The number of allylic oxidation sites excluding steroid dienone is 1. The summed E-state index contributed by atoms with van der Waals surface area (Å²) < 4.78 is 26.6. The highest BCUT2D eigenvalue weighted by molar-refractivity contribution is 7.89. The molecule has 0 spiro atoms. The number of benzene rings is 1. The van der Waals surface area contributed by atoms with Crippen LogP contribution in [0.25, 0.3) is 16.9 Å². The fourth-order valence-electron chi connectivity index (χ4n) is 4.56. The summed E-state index contributed by atoms with van der Waals surface area (Å²) >= 11 is 0. The van der Waals surface area contributed by atoms with E-state index in [4.69, 9.17) is 5.14 Å². The Kier molecular flexibility index (Phi) is 7.18. The van der Waals surface area contributed by atoms with E-state index in [9.17, 15) is 18.3 Å². The van der Waals surface area contributed by atoms with Gasteiger partial charge < -0.3 is 20.2 Å². The Morgan fingerprint density at radius 3 is 2.62 bits per heavy atom. The molecule has 0 atom stereocenters. The summed E-state index contributed by atoms with van der Waals surface area (Å²) in [5, 5.41) is 18.3. The topological polar surface area (TPSA) is 164 Å². The minimum atomic E-state index is -4.08. The molecule has 0 bridgehead atoms. The van der Waals surface area contributed by atoms with Gasteiger partial charge in [-0.2, -0.15) is 4.98 Å². The average molecular weight is 552 g/mol. The Balaban J connectivity index is 1.54. The lowest BCUT2D eigenvalue weighted by molar-refractivity contribution is 0.280. The zero-order valence-corrected chi connectivity index (χ0v) is 22.2. The van der Waals surface area contributed by atoms with Gasteiger partial charge in [0.1, 0.15) is 5.39 Å². The third-order valence-corrected chi connectivity index (χ3v) is 7.36. The van der Waals surface area contributed by atoms with Crippen molar-refractivity contribution in [3.05, 3.63) is 71.2 Å². The second-order valence-corrected chi connectivity index (χ2v) is 10.7. The van der Waals surface area contributed by atoms with Gasteiger partial charge in [0, 0.05) is 49.3 Å². The first-order valence-electron chi connectivity index (χ1n) is 12.2. The summed E-state index contributed by atoms with van der Waals surface area (Å²) in [5.41, 5.74) is 2.23. The van der Waals surface area contributed by atoms with E-state index in [0.29, 0.717) is 5.69 Å². The highest BCUT2D eigenvalue weighted by atomic mass is 32.2. The average Bonchev–Trinajstić information content (AvgIpc) is 3.19. The van der Waals surface area contributed by atoms with E-state index in [2.05, 4.69) is 43.7 Å². The molecule has 1 saturated heterocycles. The number of primary sulfonamides is 1. The molecule has 0 saturated carbocycles. The van der Waals surface area contributed by atoms with Gasteiger partial charge in [0.05, 0.1) is 13.2 Å². The van der Waals surface area contributed by atoms with Gasteiger partial charge in [-0.1, -0.05) is 12.1 Å². The van der Waals surface area contributed by atoms with Crippen LogP contribution in [0.15, 0.2) is 65.1 Å². The zero-order valence-electron chi connectivity index (χ0n) is 21.4. The molecule has 39 heavy (non-hydrogen) atoms. The smallest absolute Gasteiger partial charge is 0.278 e. The Hall–Kier alpha value is -4.11. The van der Waals surface area contributed by atoms with Crippen molar-refractivity contribution in [1.82, 2.24) is 29.2 Å². The molecule has 0 radical (unpaired) electrons. The Labute approximate surface area is 224 Å². The number of pyridine rings is 1. The molecule has 4 aromatic rings. The number of likely N-dealkylation sites (N-methyl/N-ethyl adjacent to an activating group) is 1. The lowest BCUT2D eigenvalue weighted by atomic mass is 10.1. The van der Waals surface area contributed by atoms with Crippen LogP contribution in [0.4, 0.5) is 17.3 Å². The molecule has 5 rings (SSSR count). The van der Waals surface area contributed by atoms with E-state index in [1.54, 1.807) is 6.07 Å². The van der Waals surface area contributed by atoms with Crippen LogP contribution in [0.1, 0.15) is 5.56 Å². The highest BCUT2D eigenvalue weighted by Gasteiger charge is 2.20. The summed E-state index contributed by atoms with van der Waals surface area (Å²) in [6.45, 7) is 7.33. The van der Waals surface area contributed by atoms with Crippen molar-refractivity contribution in [2.75, 3.05) is 43.4 Å². The SMILES string of the molecule is C=CCn1c(=O)c2cnc(Nc3ccc(N4CCN(C)CC4)c(CO)c3)nc2n1-c1cccc(S(N)(=O)=O)n1. The van der Waals surface area contributed by atoms with Crippen LogP contribution in [0.3, 0.4) is 0 Å². The van der Waals surface area contributed by atoms with Crippen LogP contribution in [-0.2, 0) is 23.2 Å². The van der Waals surface area contributed by atoms with Crippen molar-refractivity contribution in [3.63, 3.8) is 0 Å². The highest BCUT2D eigenvalue weighted by Crippen LogP contribution is 2.27. The number of aromatic nitrogens is 5. The fourth-order valence-corrected chi connectivity index (χ4v) is 5.05. The lowest BCUT2D eigenvalue weighted by Gasteiger charge is -2.35. The van der Waals surface area contributed by atoms with Gasteiger partial charge in [0.15, 0.2) is 16.5 Å². The molecule has 4 N–H and O–H groups in total. The molecular formula is C25H29N9O4S. The number of aliphatic hydroxyl groups excluding tert-OH is 1. The molecule has 1 aliphatic heterocycles.